The highest BCUT2D eigenvalue weighted by Gasteiger charge is 2.32. The van der Waals surface area contributed by atoms with Crippen molar-refractivity contribution in [2.75, 3.05) is 13.7 Å². The van der Waals surface area contributed by atoms with Gasteiger partial charge in [0.05, 0.1) is 18.5 Å². The number of nitrogens with zero attached hydrogens (tertiary/aromatic N) is 1. The predicted octanol–water partition coefficient (Wildman–Crippen LogP) is -1.07. The van der Waals surface area contributed by atoms with E-state index in [4.69, 9.17) is 10.2 Å². The molecule has 14 heteroatoms. The third-order valence-corrected chi connectivity index (χ3v) is 4.90. The number of carbonyl (C=O) groups is 3. The molecule has 13 nitrogen and oxygen atoms in total. The second-order valence-electron chi connectivity index (χ2n) is 5.32. The number of esters is 1. The van der Waals surface area contributed by atoms with Crippen LogP contribution in [0.2, 0.25) is 0 Å². The maximum absolute atomic E-state index is 12.5. The number of hydrogen-bond acceptors (Lipinski definition) is 9. The van der Waals surface area contributed by atoms with E-state index in [1.54, 1.807) is 0 Å². The molecule has 0 aliphatic heterocycles. The van der Waals surface area contributed by atoms with Gasteiger partial charge in [0.2, 0.25) is 10.0 Å². The molecule has 0 spiro atoms. The van der Waals surface area contributed by atoms with E-state index in [0.29, 0.717) is 0 Å². The number of para-hydroxylation sites is 1. The first-order valence-electron chi connectivity index (χ1n) is 7.51. The molecule has 0 aromatic heterocycles. The molecular formula is C14H17N3O10S. The first kappa shape index (κ1) is 22.9. The fraction of sp³-hybridized carbons (Fsp3) is 0.357. The number of carboxylic acid groups (broad SMARTS) is 2. The summed E-state index contributed by atoms with van der Waals surface area (Å²) in [5.41, 5.74) is -0.735. The summed E-state index contributed by atoms with van der Waals surface area (Å²) in [6, 6.07) is 1.10. The number of hydrogen-bond donors (Lipinski definition) is 4. The lowest BCUT2D eigenvalue weighted by Crippen LogP contribution is -2.51. The van der Waals surface area contributed by atoms with Crippen molar-refractivity contribution in [3.8, 4) is 0 Å². The Kier molecular flexibility index (Phi) is 7.97. The lowest BCUT2D eigenvalue weighted by molar-refractivity contribution is -0.387. The second-order valence-corrected chi connectivity index (χ2v) is 7.00. The van der Waals surface area contributed by atoms with Crippen LogP contribution in [0.3, 0.4) is 0 Å². The Bertz CT molecular complexity index is 870. The summed E-state index contributed by atoms with van der Waals surface area (Å²) < 4.78 is 31.3. The average Bonchev–Trinajstić information content (AvgIpc) is 2.62. The van der Waals surface area contributed by atoms with Crippen molar-refractivity contribution in [1.29, 1.82) is 0 Å². The highest BCUT2D eigenvalue weighted by Crippen LogP contribution is 2.22. The van der Waals surface area contributed by atoms with Crippen molar-refractivity contribution in [2.24, 2.45) is 0 Å². The van der Waals surface area contributed by atoms with Crippen molar-refractivity contribution in [1.82, 2.24) is 10.0 Å². The number of carboxylic acids is 2. The monoisotopic (exact) mass is 419 g/mol. The average molecular weight is 419 g/mol. The van der Waals surface area contributed by atoms with Gasteiger partial charge in [-0.15, -0.1) is 0 Å². The van der Waals surface area contributed by atoms with Gasteiger partial charge in [-0.1, -0.05) is 12.1 Å². The van der Waals surface area contributed by atoms with Crippen molar-refractivity contribution in [2.45, 2.75) is 23.4 Å². The maximum Gasteiger partial charge on any atom is 0.325 e. The van der Waals surface area contributed by atoms with E-state index >= 15 is 0 Å². The fourth-order valence-electron chi connectivity index (χ4n) is 2.08. The van der Waals surface area contributed by atoms with Crippen LogP contribution in [-0.4, -0.2) is 67.2 Å². The van der Waals surface area contributed by atoms with Gasteiger partial charge >= 0.3 is 17.9 Å². The van der Waals surface area contributed by atoms with Crippen LogP contribution in [-0.2, 0) is 29.1 Å². The van der Waals surface area contributed by atoms with E-state index in [9.17, 15) is 32.9 Å². The molecule has 0 aliphatic carbocycles. The van der Waals surface area contributed by atoms with E-state index in [1.165, 1.54) is 12.1 Å². The van der Waals surface area contributed by atoms with E-state index < -0.39 is 68.5 Å². The van der Waals surface area contributed by atoms with Crippen LogP contribution >= 0.6 is 0 Å². The Labute approximate surface area is 158 Å². The second kappa shape index (κ2) is 9.72. The van der Waals surface area contributed by atoms with Gasteiger partial charge in [-0.2, -0.15) is 4.72 Å². The highest BCUT2D eigenvalue weighted by molar-refractivity contribution is 7.89. The zero-order valence-electron chi connectivity index (χ0n) is 14.4. The molecule has 28 heavy (non-hydrogen) atoms. The van der Waals surface area contributed by atoms with Crippen molar-refractivity contribution in [3.05, 3.63) is 34.4 Å². The van der Waals surface area contributed by atoms with Crippen molar-refractivity contribution >= 4 is 33.6 Å². The number of carbonyl (C=O) groups excluding carboxylic acids is 1. The minimum atomic E-state index is -4.58. The summed E-state index contributed by atoms with van der Waals surface area (Å²) in [6.07, 6.45) is -0.833. The number of nitrogens with one attached hydrogen (secondary N) is 2. The third kappa shape index (κ3) is 6.26. The Morgan fingerprint density at radius 3 is 2.32 bits per heavy atom. The van der Waals surface area contributed by atoms with Crippen LogP contribution in [0, 0.1) is 10.1 Å². The maximum atomic E-state index is 12.5. The number of benzene rings is 1. The SMILES string of the molecule is COC(=O)C(CNC(CC(=O)O)C(=O)O)NS(=O)(=O)c1ccccc1[N+](=O)[O-]. The molecule has 4 N–H and O–H groups in total. The Hall–Kier alpha value is -3.10. The molecular weight excluding hydrogens is 402 g/mol. The largest absolute Gasteiger partial charge is 0.481 e. The molecule has 0 bridgehead atoms. The Balaban J connectivity index is 3.09. The number of rotatable bonds is 11. The summed E-state index contributed by atoms with van der Waals surface area (Å²) in [7, 11) is -3.63. The van der Waals surface area contributed by atoms with Crippen LogP contribution in [0.25, 0.3) is 0 Å². The molecule has 0 saturated heterocycles. The number of methoxy groups -OCH3 is 1. The summed E-state index contributed by atoms with van der Waals surface area (Å²) >= 11 is 0. The number of sulfonamides is 1. The topological polar surface area (TPSA) is 202 Å². The highest BCUT2D eigenvalue weighted by atomic mass is 32.2. The number of nitro benzene ring substituents is 1. The standard InChI is InChI=1S/C14H17N3O10S/c1-27-14(22)9(7-15-8(13(20)21)6-12(18)19)16-28(25,26)11-5-3-2-4-10(11)17(23)24/h2-5,8-9,15-16H,6-7H2,1H3,(H,18,19)(H,20,21). The molecule has 1 rings (SSSR count). The normalized spacial score (nSPS) is 13.3. The summed E-state index contributed by atoms with van der Waals surface area (Å²) in [5.74, 6) is -4.09. The molecule has 154 valence electrons. The quantitative estimate of drug-likeness (QED) is 0.193. The van der Waals surface area contributed by atoms with Gasteiger partial charge in [-0.25, -0.2) is 8.42 Å². The van der Waals surface area contributed by atoms with E-state index in [-0.39, 0.29) is 0 Å². The van der Waals surface area contributed by atoms with Gasteiger partial charge in [0.25, 0.3) is 5.69 Å². The number of nitro groups is 1. The van der Waals surface area contributed by atoms with Crippen molar-refractivity contribution < 1.29 is 42.7 Å². The van der Waals surface area contributed by atoms with Gasteiger partial charge in [-0.05, 0) is 6.07 Å². The van der Waals surface area contributed by atoms with E-state index in [2.05, 4.69) is 10.1 Å². The van der Waals surface area contributed by atoms with Crippen LogP contribution in [0.1, 0.15) is 6.42 Å². The van der Waals surface area contributed by atoms with Crippen LogP contribution < -0.4 is 10.0 Å². The van der Waals surface area contributed by atoms with Gasteiger partial charge < -0.3 is 20.3 Å². The lowest BCUT2D eigenvalue weighted by Gasteiger charge is -2.19. The molecule has 0 radical (unpaired) electrons. The molecule has 0 saturated carbocycles. The molecule has 0 fully saturated rings. The summed E-state index contributed by atoms with van der Waals surface area (Å²) in [6.45, 7) is -0.642. The van der Waals surface area contributed by atoms with Gasteiger partial charge in [0.1, 0.15) is 12.1 Å². The Morgan fingerprint density at radius 1 is 1.21 bits per heavy atom. The smallest absolute Gasteiger partial charge is 0.325 e. The summed E-state index contributed by atoms with van der Waals surface area (Å²) in [5, 5.41) is 30.9. The lowest BCUT2D eigenvalue weighted by atomic mass is 10.2. The van der Waals surface area contributed by atoms with Crippen LogP contribution in [0.5, 0.6) is 0 Å². The van der Waals surface area contributed by atoms with Gasteiger partial charge in [-0.3, -0.25) is 24.5 Å². The van der Waals surface area contributed by atoms with Gasteiger partial charge in [0.15, 0.2) is 4.90 Å². The molecule has 0 aliphatic rings. The fourth-order valence-corrected chi connectivity index (χ4v) is 3.44. The van der Waals surface area contributed by atoms with Crippen LogP contribution in [0.15, 0.2) is 29.2 Å². The minimum absolute atomic E-state index is 0.642. The summed E-state index contributed by atoms with van der Waals surface area (Å²) in [4.78, 5) is 43.0. The minimum Gasteiger partial charge on any atom is -0.481 e. The van der Waals surface area contributed by atoms with E-state index in [0.717, 1.165) is 19.2 Å². The van der Waals surface area contributed by atoms with Crippen molar-refractivity contribution in [3.63, 3.8) is 0 Å². The molecule has 1 aromatic carbocycles. The molecule has 0 heterocycles. The zero-order valence-corrected chi connectivity index (χ0v) is 15.2. The Morgan fingerprint density at radius 2 is 1.82 bits per heavy atom. The first-order chi connectivity index (χ1) is 13.0. The predicted molar refractivity (Wildman–Crippen MR) is 90.9 cm³/mol. The molecule has 2 atom stereocenters. The van der Waals surface area contributed by atoms with E-state index in [1.807, 2.05) is 4.72 Å². The molecule has 0 amide bonds. The third-order valence-electron chi connectivity index (χ3n) is 3.38. The zero-order chi connectivity index (χ0) is 21.5. The molecule has 2 unspecified atom stereocenters. The molecule has 1 aromatic rings. The van der Waals surface area contributed by atoms with Gasteiger partial charge in [0, 0.05) is 12.6 Å². The first-order valence-corrected chi connectivity index (χ1v) is 8.99. The number of ether oxygens (including phenoxy) is 1. The number of aliphatic carboxylic acids is 2. The van der Waals surface area contributed by atoms with Crippen LogP contribution in [0.4, 0.5) is 5.69 Å².